The number of benzene rings is 1. The van der Waals surface area contributed by atoms with E-state index in [1.807, 2.05) is 24.3 Å². The lowest BCUT2D eigenvalue weighted by atomic mass is 10.1. The topological polar surface area (TPSA) is 67.2 Å². The molecule has 0 saturated carbocycles. The number of aromatic nitrogens is 2. The van der Waals surface area contributed by atoms with Crippen LogP contribution in [-0.2, 0) is 11.3 Å². The Morgan fingerprint density at radius 1 is 1.43 bits per heavy atom. The summed E-state index contributed by atoms with van der Waals surface area (Å²) in [4.78, 5) is 12.1. The molecule has 1 aromatic carbocycles. The second kappa shape index (κ2) is 7.27. The third kappa shape index (κ3) is 3.94. The van der Waals surface area contributed by atoms with Crippen molar-refractivity contribution in [1.82, 2.24) is 15.1 Å². The number of rotatable bonds is 4. The third-order valence-electron chi connectivity index (χ3n) is 3.07. The van der Waals surface area contributed by atoms with Crippen molar-refractivity contribution in [3.05, 3.63) is 53.9 Å². The molecule has 2 aromatic rings. The van der Waals surface area contributed by atoms with E-state index in [4.69, 9.17) is 5.11 Å². The van der Waals surface area contributed by atoms with E-state index in [9.17, 15) is 4.79 Å². The normalized spacial score (nSPS) is 11.3. The summed E-state index contributed by atoms with van der Waals surface area (Å²) >= 11 is 0. The second-order valence-electron chi connectivity index (χ2n) is 4.50. The van der Waals surface area contributed by atoms with Crippen LogP contribution in [0.15, 0.2) is 42.7 Å². The third-order valence-corrected chi connectivity index (χ3v) is 3.07. The first kappa shape index (κ1) is 14.8. The van der Waals surface area contributed by atoms with Gasteiger partial charge in [-0.3, -0.25) is 9.48 Å². The number of amides is 1. The van der Waals surface area contributed by atoms with Crippen LogP contribution in [0.2, 0.25) is 0 Å². The highest BCUT2D eigenvalue weighted by Crippen LogP contribution is 2.08. The molecule has 0 aliphatic rings. The molecule has 1 atom stereocenters. The molecule has 2 rings (SSSR count). The summed E-state index contributed by atoms with van der Waals surface area (Å²) in [7, 11) is 0. The van der Waals surface area contributed by atoms with Crippen molar-refractivity contribution in [2.24, 2.45) is 0 Å². The molecule has 1 amide bonds. The zero-order valence-electron chi connectivity index (χ0n) is 11.8. The van der Waals surface area contributed by atoms with E-state index >= 15 is 0 Å². The molecule has 5 nitrogen and oxygen atoms in total. The maximum atomic E-state index is 12.1. The van der Waals surface area contributed by atoms with Crippen LogP contribution in [0, 0.1) is 11.8 Å². The van der Waals surface area contributed by atoms with Gasteiger partial charge in [0.05, 0.1) is 0 Å². The highest BCUT2D eigenvalue weighted by atomic mass is 16.2. The van der Waals surface area contributed by atoms with Crippen LogP contribution in [0.1, 0.15) is 24.1 Å². The number of carbonyl (C=O) groups excluding carboxylic acids is 1. The minimum absolute atomic E-state index is 0.108. The van der Waals surface area contributed by atoms with Crippen LogP contribution < -0.4 is 5.32 Å². The van der Waals surface area contributed by atoms with Crippen LogP contribution in [-0.4, -0.2) is 27.4 Å². The summed E-state index contributed by atoms with van der Waals surface area (Å²) in [6.07, 6.45) is 3.40. The Balaban J connectivity index is 2.01. The molecule has 0 saturated heterocycles. The molecule has 2 N–H and O–H groups in total. The first-order chi connectivity index (χ1) is 10.2. The van der Waals surface area contributed by atoms with Gasteiger partial charge < -0.3 is 10.4 Å². The fourth-order valence-corrected chi connectivity index (χ4v) is 1.89. The van der Waals surface area contributed by atoms with Crippen molar-refractivity contribution in [1.29, 1.82) is 0 Å². The van der Waals surface area contributed by atoms with Gasteiger partial charge in [-0.25, -0.2) is 0 Å². The maximum Gasteiger partial charge on any atom is 0.244 e. The van der Waals surface area contributed by atoms with Gasteiger partial charge in [-0.05, 0) is 24.6 Å². The Morgan fingerprint density at radius 2 is 2.24 bits per heavy atom. The summed E-state index contributed by atoms with van der Waals surface area (Å²) in [6, 6.07) is 8.95. The van der Waals surface area contributed by atoms with Gasteiger partial charge in [0.2, 0.25) is 5.91 Å². The molecule has 0 aliphatic carbocycles. The zero-order valence-corrected chi connectivity index (χ0v) is 11.8. The SMILES string of the molecule is CC(C(=O)NCc1ccccc1C#CCO)n1cccn1. The quantitative estimate of drug-likeness (QED) is 0.826. The molecule has 1 unspecified atom stereocenters. The van der Waals surface area contributed by atoms with Crippen LogP contribution in [0.3, 0.4) is 0 Å². The Kier molecular flexibility index (Phi) is 5.13. The highest BCUT2D eigenvalue weighted by molar-refractivity contribution is 5.79. The van der Waals surface area contributed by atoms with E-state index in [0.717, 1.165) is 11.1 Å². The van der Waals surface area contributed by atoms with Crippen LogP contribution in [0.4, 0.5) is 0 Å². The molecule has 0 bridgehead atoms. The lowest BCUT2D eigenvalue weighted by molar-refractivity contribution is -0.124. The van der Waals surface area contributed by atoms with E-state index in [2.05, 4.69) is 22.3 Å². The van der Waals surface area contributed by atoms with Crippen LogP contribution in [0.25, 0.3) is 0 Å². The average Bonchev–Trinajstić information content (AvgIpc) is 3.05. The van der Waals surface area contributed by atoms with Gasteiger partial charge in [0.25, 0.3) is 0 Å². The average molecular weight is 283 g/mol. The zero-order chi connectivity index (χ0) is 15.1. The van der Waals surface area contributed by atoms with Gasteiger partial charge in [-0.1, -0.05) is 30.0 Å². The maximum absolute atomic E-state index is 12.1. The largest absolute Gasteiger partial charge is 0.384 e. The van der Waals surface area contributed by atoms with Crippen molar-refractivity contribution >= 4 is 5.91 Å². The highest BCUT2D eigenvalue weighted by Gasteiger charge is 2.14. The molecular formula is C16H17N3O2. The minimum Gasteiger partial charge on any atom is -0.384 e. The fraction of sp³-hybridized carbons (Fsp3) is 0.250. The molecular weight excluding hydrogens is 266 g/mol. The molecule has 108 valence electrons. The van der Waals surface area contributed by atoms with E-state index < -0.39 is 0 Å². The van der Waals surface area contributed by atoms with Gasteiger partial charge in [0, 0.05) is 24.5 Å². The number of hydrogen-bond donors (Lipinski definition) is 2. The van der Waals surface area contributed by atoms with Crippen LogP contribution >= 0.6 is 0 Å². The first-order valence-electron chi connectivity index (χ1n) is 6.67. The molecule has 21 heavy (non-hydrogen) atoms. The summed E-state index contributed by atoms with van der Waals surface area (Å²) < 4.78 is 1.60. The fourth-order valence-electron chi connectivity index (χ4n) is 1.89. The van der Waals surface area contributed by atoms with Gasteiger partial charge in [-0.2, -0.15) is 5.10 Å². The minimum atomic E-state index is -0.365. The molecule has 1 heterocycles. The summed E-state index contributed by atoms with van der Waals surface area (Å²) in [5.41, 5.74) is 1.72. The summed E-state index contributed by atoms with van der Waals surface area (Å²) in [5, 5.41) is 15.7. The second-order valence-corrected chi connectivity index (χ2v) is 4.50. The molecule has 1 aromatic heterocycles. The standard InChI is InChI=1S/C16H17N3O2/c1-13(19-10-5-9-18-19)16(21)17-12-15-7-3-2-6-14(15)8-4-11-20/h2-3,5-7,9-10,13,20H,11-12H2,1H3,(H,17,21). The van der Waals surface area contributed by atoms with Crippen LogP contribution in [0.5, 0.6) is 0 Å². The Morgan fingerprint density at radius 3 is 2.95 bits per heavy atom. The number of carbonyl (C=O) groups is 1. The van der Waals surface area contributed by atoms with Gasteiger partial charge in [0.1, 0.15) is 12.6 Å². The number of nitrogens with one attached hydrogen (secondary N) is 1. The van der Waals surface area contributed by atoms with Gasteiger partial charge in [0.15, 0.2) is 0 Å². The predicted octanol–water partition coefficient (Wildman–Crippen LogP) is 1.10. The summed E-state index contributed by atoms with van der Waals surface area (Å²) in [6.45, 7) is 2.00. The van der Waals surface area contributed by atoms with Crippen molar-refractivity contribution in [2.45, 2.75) is 19.5 Å². The van der Waals surface area contributed by atoms with E-state index in [1.165, 1.54) is 0 Å². The molecule has 0 aliphatic heterocycles. The number of aliphatic hydroxyl groups excluding tert-OH is 1. The molecule has 0 fully saturated rings. The number of aliphatic hydroxyl groups is 1. The van der Waals surface area contributed by atoms with Crippen molar-refractivity contribution in [3.8, 4) is 11.8 Å². The Labute approximate surface area is 123 Å². The smallest absolute Gasteiger partial charge is 0.244 e. The number of hydrogen-bond acceptors (Lipinski definition) is 3. The Bertz CT molecular complexity index is 654. The van der Waals surface area contributed by atoms with Crippen molar-refractivity contribution < 1.29 is 9.90 Å². The van der Waals surface area contributed by atoms with Gasteiger partial charge >= 0.3 is 0 Å². The molecule has 5 heteroatoms. The first-order valence-corrected chi connectivity index (χ1v) is 6.67. The molecule has 0 radical (unpaired) electrons. The number of nitrogens with zero attached hydrogens (tertiary/aromatic N) is 2. The Hall–Kier alpha value is -2.58. The summed E-state index contributed by atoms with van der Waals surface area (Å²) in [5.74, 6) is 5.38. The van der Waals surface area contributed by atoms with Gasteiger partial charge in [-0.15, -0.1) is 0 Å². The lowest BCUT2D eigenvalue weighted by Gasteiger charge is -2.13. The van der Waals surface area contributed by atoms with E-state index in [0.29, 0.717) is 6.54 Å². The van der Waals surface area contributed by atoms with Crippen molar-refractivity contribution in [2.75, 3.05) is 6.61 Å². The van der Waals surface area contributed by atoms with E-state index in [-0.39, 0.29) is 18.6 Å². The monoisotopic (exact) mass is 283 g/mol. The predicted molar refractivity (Wildman–Crippen MR) is 79.2 cm³/mol. The van der Waals surface area contributed by atoms with E-state index in [1.54, 1.807) is 30.1 Å². The van der Waals surface area contributed by atoms with Crippen molar-refractivity contribution in [3.63, 3.8) is 0 Å². The molecule has 0 spiro atoms. The lowest BCUT2D eigenvalue weighted by Crippen LogP contribution is -2.31.